The molecule has 1 unspecified atom stereocenters. The SMILES string of the molecule is CCCC1CC(=O)N(Cc2cnn3ccc(OC)nc23)C1. The summed E-state index contributed by atoms with van der Waals surface area (Å²) < 4.78 is 6.86. The molecule has 2 aromatic heterocycles. The van der Waals surface area contributed by atoms with Gasteiger partial charge in [0.05, 0.1) is 19.9 Å². The number of fused-ring (bicyclic) bond motifs is 1. The van der Waals surface area contributed by atoms with E-state index in [4.69, 9.17) is 4.74 Å². The van der Waals surface area contributed by atoms with Crippen molar-refractivity contribution in [3.63, 3.8) is 0 Å². The smallest absolute Gasteiger partial charge is 0.223 e. The van der Waals surface area contributed by atoms with E-state index in [1.165, 1.54) is 0 Å². The molecule has 6 heteroatoms. The lowest BCUT2D eigenvalue weighted by Gasteiger charge is -2.15. The highest BCUT2D eigenvalue weighted by molar-refractivity contribution is 5.78. The third-order valence-corrected chi connectivity index (χ3v) is 3.98. The molecule has 0 spiro atoms. The number of aromatic nitrogens is 3. The summed E-state index contributed by atoms with van der Waals surface area (Å²) in [5.74, 6) is 1.28. The van der Waals surface area contributed by atoms with Gasteiger partial charge in [0.25, 0.3) is 0 Å². The topological polar surface area (TPSA) is 59.7 Å². The minimum absolute atomic E-state index is 0.232. The Morgan fingerprint density at radius 2 is 2.33 bits per heavy atom. The predicted octanol–water partition coefficient (Wildman–Crippen LogP) is 1.89. The van der Waals surface area contributed by atoms with Crippen molar-refractivity contribution < 1.29 is 9.53 Å². The van der Waals surface area contributed by atoms with Crippen LogP contribution in [0, 0.1) is 5.92 Å². The Labute approximate surface area is 123 Å². The molecule has 0 aliphatic carbocycles. The van der Waals surface area contributed by atoms with Crippen LogP contribution in [0.4, 0.5) is 0 Å². The van der Waals surface area contributed by atoms with Gasteiger partial charge in [-0.3, -0.25) is 4.79 Å². The van der Waals surface area contributed by atoms with Gasteiger partial charge in [-0.15, -0.1) is 0 Å². The van der Waals surface area contributed by atoms with Gasteiger partial charge in [-0.25, -0.2) is 4.52 Å². The summed E-state index contributed by atoms with van der Waals surface area (Å²) in [7, 11) is 1.59. The van der Waals surface area contributed by atoms with Crippen molar-refractivity contribution in [2.24, 2.45) is 5.92 Å². The lowest BCUT2D eigenvalue weighted by molar-refractivity contribution is -0.128. The Hall–Kier alpha value is -2.11. The first-order valence-electron chi connectivity index (χ1n) is 7.36. The quantitative estimate of drug-likeness (QED) is 0.843. The van der Waals surface area contributed by atoms with Crippen molar-refractivity contribution in [3.05, 3.63) is 24.0 Å². The number of hydrogen-bond donors (Lipinski definition) is 0. The van der Waals surface area contributed by atoms with Crippen molar-refractivity contribution in [2.45, 2.75) is 32.7 Å². The first kappa shape index (κ1) is 13.9. The molecule has 0 aromatic carbocycles. The van der Waals surface area contributed by atoms with Gasteiger partial charge in [0.1, 0.15) is 0 Å². The zero-order valence-electron chi connectivity index (χ0n) is 12.5. The van der Waals surface area contributed by atoms with E-state index in [-0.39, 0.29) is 5.91 Å². The fraction of sp³-hybridized carbons (Fsp3) is 0.533. The number of methoxy groups -OCH3 is 1. The van der Waals surface area contributed by atoms with Crippen LogP contribution >= 0.6 is 0 Å². The van der Waals surface area contributed by atoms with E-state index in [0.717, 1.165) is 30.6 Å². The van der Waals surface area contributed by atoms with Crippen LogP contribution in [0.2, 0.25) is 0 Å². The Morgan fingerprint density at radius 3 is 3.10 bits per heavy atom. The number of nitrogens with zero attached hydrogens (tertiary/aromatic N) is 4. The Morgan fingerprint density at radius 1 is 1.48 bits per heavy atom. The fourth-order valence-electron chi connectivity index (χ4n) is 2.94. The van der Waals surface area contributed by atoms with E-state index >= 15 is 0 Å². The molecular weight excluding hydrogens is 268 g/mol. The molecule has 0 radical (unpaired) electrons. The number of carbonyl (C=O) groups excluding carboxylic acids is 1. The van der Waals surface area contributed by atoms with Crippen molar-refractivity contribution in [1.29, 1.82) is 0 Å². The lowest BCUT2D eigenvalue weighted by Crippen LogP contribution is -2.24. The minimum Gasteiger partial charge on any atom is -0.481 e. The highest BCUT2D eigenvalue weighted by atomic mass is 16.5. The zero-order chi connectivity index (χ0) is 14.8. The van der Waals surface area contributed by atoms with E-state index < -0.39 is 0 Å². The van der Waals surface area contributed by atoms with Crippen molar-refractivity contribution in [2.75, 3.05) is 13.7 Å². The molecular formula is C15H20N4O2. The van der Waals surface area contributed by atoms with E-state index in [1.807, 2.05) is 11.1 Å². The van der Waals surface area contributed by atoms with Crippen LogP contribution in [0.1, 0.15) is 31.7 Å². The second kappa shape index (κ2) is 5.71. The number of ether oxygens (including phenoxy) is 1. The van der Waals surface area contributed by atoms with Crippen molar-refractivity contribution in [3.8, 4) is 5.88 Å². The number of hydrogen-bond acceptors (Lipinski definition) is 4. The van der Waals surface area contributed by atoms with Gasteiger partial charge < -0.3 is 9.64 Å². The van der Waals surface area contributed by atoms with E-state index in [1.54, 1.807) is 23.9 Å². The molecule has 3 heterocycles. The molecule has 3 rings (SSSR count). The Bertz CT molecular complexity index is 652. The molecule has 112 valence electrons. The van der Waals surface area contributed by atoms with Gasteiger partial charge in [0.15, 0.2) is 5.65 Å². The van der Waals surface area contributed by atoms with Crippen molar-refractivity contribution >= 4 is 11.6 Å². The summed E-state index contributed by atoms with van der Waals surface area (Å²) in [5.41, 5.74) is 1.71. The molecule has 21 heavy (non-hydrogen) atoms. The van der Waals surface area contributed by atoms with Crippen LogP contribution in [-0.2, 0) is 11.3 Å². The number of carbonyl (C=O) groups is 1. The second-order valence-electron chi connectivity index (χ2n) is 5.54. The van der Waals surface area contributed by atoms with Gasteiger partial charge in [-0.05, 0) is 12.3 Å². The van der Waals surface area contributed by atoms with Gasteiger partial charge in [-0.1, -0.05) is 13.3 Å². The molecule has 0 saturated carbocycles. The third kappa shape index (κ3) is 2.70. The first-order chi connectivity index (χ1) is 10.2. The molecule has 6 nitrogen and oxygen atoms in total. The lowest BCUT2D eigenvalue weighted by atomic mass is 10.0. The van der Waals surface area contributed by atoms with Gasteiger partial charge in [0.2, 0.25) is 11.8 Å². The summed E-state index contributed by atoms with van der Waals surface area (Å²) in [4.78, 5) is 18.4. The summed E-state index contributed by atoms with van der Waals surface area (Å²) in [6.45, 7) is 3.57. The average Bonchev–Trinajstić information content (AvgIpc) is 3.04. The normalized spacial score (nSPS) is 18.7. The summed E-state index contributed by atoms with van der Waals surface area (Å²) in [5, 5.41) is 4.28. The third-order valence-electron chi connectivity index (χ3n) is 3.98. The monoisotopic (exact) mass is 288 g/mol. The second-order valence-corrected chi connectivity index (χ2v) is 5.54. The average molecular weight is 288 g/mol. The minimum atomic E-state index is 0.232. The maximum Gasteiger partial charge on any atom is 0.223 e. The van der Waals surface area contributed by atoms with Gasteiger partial charge >= 0.3 is 0 Å². The Kier molecular flexibility index (Phi) is 3.77. The first-order valence-corrected chi connectivity index (χ1v) is 7.36. The van der Waals surface area contributed by atoms with E-state index in [2.05, 4.69) is 17.0 Å². The van der Waals surface area contributed by atoms with Crippen LogP contribution in [0.15, 0.2) is 18.5 Å². The van der Waals surface area contributed by atoms with Crippen molar-refractivity contribution in [1.82, 2.24) is 19.5 Å². The van der Waals surface area contributed by atoms with Crippen LogP contribution < -0.4 is 4.74 Å². The molecule has 1 aliphatic heterocycles. The van der Waals surface area contributed by atoms with Crippen LogP contribution in [0.25, 0.3) is 5.65 Å². The maximum absolute atomic E-state index is 12.1. The standard InChI is InChI=1S/C15H20N4O2/c1-3-4-11-7-14(20)18(9-11)10-12-8-16-19-6-5-13(21-2)17-15(12)19/h5-6,8,11H,3-4,7,9-10H2,1-2H3. The fourth-order valence-corrected chi connectivity index (χ4v) is 2.94. The molecule has 0 bridgehead atoms. The Balaban J connectivity index is 1.80. The van der Waals surface area contributed by atoms with E-state index in [0.29, 0.717) is 24.8 Å². The number of amides is 1. The van der Waals surface area contributed by atoms with Gasteiger partial charge in [0, 0.05) is 30.8 Å². The summed E-state index contributed by atoms with van der Waals surface area (Å²) in [6, 6.07) is 1.77. The molecule has 1 amide bonds. The highest BCUT2D eigenvalue weighted by Gasteiger charge is 2.29. The maximum atomic E-state index is 12.1. The predicted molar refractivity (Wildman–Crippen MR) is 78.0 cm³/mol. The van der Waals surface area contributed by atoms with Crippen LogP contribution in [-0.4, -0.2) is 39.1 Å². The number of rotatable bonds is 5. The number of likely N-dealkylation sites (tertiary alicyclic amines) is 1. The van der Waals surface area contributed by atoms with Gasteiger partial charge in [-0.2, -0.15) is 10.1 Å². The molecule has 1 fully saturated rings. The van der Waals surface area contributed by atoms with E-state index in [9.17, 15) is 4.79 Å². The van der Waals surface area contributed by atoms with Crippen LogP contribution in [0.5, 0.6) is 5.88 Å². The largest absolute Gasteiger partial charge is 0.481 e. The summed E-state index contributed by atoms with van der Waals surface area (Å²) >= 11 is 0. The zero-order valence-corrected chi connectivity index (χ0v) is 12.5. The highest BCUT2D eigenvalue weighted by Crippen LogP contribution is 2.24. The molecule has 1 saturated heterocycles. The molecule has 2 aromatic rings. The van der Waals surface area contributed by atoms with Crippen LogP contribution in [0.3, 0.4) is 0 Å². The molecule has 1 atom stereocenters. The molecule has 0 N–H and O–H groups in total. The molecule has 1 aliphatic rings. The summed E-state index contributed by atoms with van der Waals surface area (Å²) in [6.07, 6.45) is 6.51.